The number of halogens is 1. The molecule has 1 radical (unpaired) electrons. The van der Waals surface area contributed by atoms with E-state index in [-0.39, 0.29) is 0 Å². The smallest absolute Gasteiger partial charge is 0.159 e. The molecule has 13 heavy (non-hydrogen) atoms. The molecule has 2 nitrogen and oxygen atoms in total. The Balaban J connectivity index is 2.42. The summed E-state index contributed by atoms with van der Waals surface area (Å²) < 4.78 is 12.5. The highest BCUT2D eigenvalue weighted by atomic mass is 19.1. The van der Waals surface area contributed by atoms with E-state index in [0.717, 1.165) is 18.0 Å². The zero-order valence-electron chi connectivity index (χ0n) is 6.74. The van der Waals surface area contributed by atoms with Crippen LogP contribution in [0.4, 0.5) is 4.39 Å². The standard InChI is InChI=1S/C10H6FN2/c11-9-6-12-10(13-7-9)8-4-2-1-3-5-8/h1-4,6-7H. The Morgan fingerprint density at radius 1 is 1.15 bits per heavy atom. The minimum Gasteiger partial charge on any atom is -0.233 e. The Morgan fingerprint density at radius 2 is 1.92 bits per heavy atom. The van der Waals surface area contributed by atoms with Gasteiger partial charge in [0, 0.05) is 5.56 Å². The van der Waals surface area contributed by atoms with Crippen LogP contribution in [0.5, 0.6) is 0 Å². The van der Waals surface area contributed by atoms with E-state index < -0.39 is 5.82 Å². The molecule has 1 aromatic heterocycles. The Bertz CT molecular complexity index is 383. The molecule has 2 aromatic rings. The minimum atomic E-state index is -0.431. The molecule has 0 amide bonds. The number of hydrogen-bond acceptors (Lipinski definition) is 2. The van der Waals surface area contributed by atoms with E-state index in [1.54, 1.807) is 6.07 Å². The summed E-state index contributed by atoms with van der Waals surface area (Å²) in [7, 11) is 0. The summed E-state index contributed by atoms with van der Waals surface area (Å²) in [6.07, 6.45) is 2.28. The predicted octanol–water partition coefficient (Wildman–Crippen LogP) is 2.08. The van der Waals surface area contributed by atoms with Crippen LogP contribution in [0, 0.1) is 11.9 Å². The van der Waals surface area contributed by atoms with Crippen molar-refractivity contribution in [2.24, 2.45) is 0 Å². The molecule has 0 unspecified atom stereocenters. The highest BCUT2D eigenvalue weighted by molar-refractivity contribution is 5.52. The molecule has 0 spiro atoms. The lowest BCUT2D eigenvalue weighted by atomic mass is 10.2. The Kier molecular flexibility index (Phi) is 2.00. The summed E-state index contributed by atoms with van der Waals surface area (Å²) in [6.45, 7) is 0. The third kappa shape index (κ3) is 1.69. The van der Waals surface area contributed by atoms with E-state index >= 15 is 0 Å². The SMILES string of the molecule is Fc1cnc(-c2[c]cccc2)nc1. The molecule has 0 saturated heterocycles. The van der Waals surface area contributed by atoms with Crippen molar-refractivity contribution < 1.29 is 4.39 Å². The largest absolute Gasteiger partial charge is 0.233 e. The topological polar surface area (TPSA) is 25.8 Å². The molecule has 0 aliphatic carbocycles. The highest BCUT2D eigenvalue weighted by Crippen LogP contribution is 2.11. The average Bonchev–Trinajstić information content (AvgIpc) is 2.20. The summed E-state index contributed by atoms with van der Waals surface area (Å²) in [4.78, 5) is 7.66. The van der Waals surface area contributed by atoms with Gasteiger partial charge < -0.3 is 0 Å². The fraction of sp³-hybridized carbons (Fsp3) is 0. The van der Waals surface area contributed by atoms with Crippen LogP contribution in [0.15, 0.2) is 36.7 Å². The third-order valence-corrected chi connectivity index (χ3v) is 1.57. The van der Waals surface area contributed by atoms with Gasteiger partial charge in [0.1, 0.15) is 0 Å². The molecular weight excluding hydrogens is 167 g/mol. The summed E-state index contributed by atoms with van der Waals surface area (Å²) >= 11 is 0. The van der Waals surface area contributed by atoms with Crippen molar-refractivity contribution in [2.45, 2.75) is 0 Å². The summed E-state index contributed by atoms with van der Waals surface area (Å²) in [5.41, 5.74) is 0.766. The van der Waals surface area contributed by atoms with Crippen molar-refractivity contribution in [2.75, 3.05) is 0 Å². The lowest BCUT2D eigenvalue weighted by Gasteiger charge is -1.96. The fourth-order valence-electron chi connectivity index (χ4n) is 0.984. The van der Waals surface area contributed by atoms with Crippen molar-refractivity contribution in [1.82, 2.24) is 9.97 Å². The zero-order chi connectivity index (χ0) is 9.10. The average molecular weight is 173 g/mol. The number of rotatable bonds is 1. The first-order valence-corrected chi connectivity index (χ1v) is 3.81. The molecule has 0 atom stereocenters. The van der Waals surface area contributed by atoms with Crippen LogP contribution < -0.4 is 0 Å². The first-order valence-electron chi connectivity index (χ1n) is 3.81. The van der Waals surface area contributed by atoms with E-state index in [9.17, 15) is 4.39 Å². The molecule has 0 bridgehead atoms. The van der Waals surface area contributed by atoms with E-state index in [1.165, 1.54) is 0 Å². The second-order valence-corrected chi connectivity index (χ2v) is 2.50. The third-order valence-electron chi connectivity index (χ3n) is 1.57. The molecule has 0 aliphatic rings. The molecule has 1 aromatic carbocycles. The fourth-order valence-corrected chi connectivity index (χ4v) is 0.984. The minimum absolute atomic E-state index is 0.431. The molecule has 0 aliphatic heterocycles. The van der Waals surface area contributed by atoms with E-state index in [0.29, 0.717) is 5.82 Å². The van der Waals surface area contributed by atoms with Gasteiger partial charge in [-0.1, -0.05) is 24.3 Å². The van der Waals surface area contributed by atoms with Crippen LogP contribution in [0.1, 0.15) is 0 Å². The first-order chi connectivity index (χ1) is 6.36. The number of hydrogen-bond donors (Lipinski definition) is 0. The van der Waals surface area contributed by atoms with Gasteiger partial charge in [-0.25, -0.2) is 14.4 Å². The van der Waals surface area contributed by atoms with Gasteiger partial charge in [-0.05, 0) is 6.07 Å². The van der Waals surface area contributed by atoms with Crippen molar-refractivity contribution in [3.8, 4) is 11.4 Å². The maximum absolute atomic E-state index is 12.5. The second kappa shape index (κ2) is 3.31. The Morgan fingerprint density at radius 3 is 2.54 bits per heavy atom. The van der Waals surface area contributed by atoms with Crippen molar-refractivity contribution in [3.63, 3.8) is 0 Å². The molecule has 3 heteroatoms. The Hall–Kier alpha value is -1.77. The summed E-state index contributed by atoms with van der Waals surface area (Å²) in [5.74, 6) is 0.0571. The lowest BCUT2D eigenvalue weighted by molar-refractivity contribution is 0.614. The first kappa shape index (κ1) is 7.86. The van der Waals surface area contributed by atoms with Crippen molar-refractivity contribution >= 4 is 0 Å². The number of aromatic nitrogens is 2. The molecule has 0 fully saturated rings. The van der Waals surface area contributed by atoms with E-state index in [4.69, 9.17) is 0 Å². The quantitative estimate of drug-likeness (QED) is 0.659. The lowest BCUT2D eigenvalue weighted by Crippen LogP contribution is -1.88. The monoisotopic (exact) mass is 173 g/mol. The second-order valence-electron chi connectivity index (χ2n) is 2.50. The van der Waals surface area contributed by atoms with Crippen LogP contribution in [0.25, 0.3) is 11.4 Å². The van der Waals surface area contributed by atoms with Crippen LogP contribution in [0.2, 0.25) is 0 Å². The summed E-state index contributed by atoms with van der Waals surface area (Å²) in [5, 5.41) is 0. The Labute approximate surface area is 75.1 Å². The van der Waals surface area contributed by atoms with Gasteiger partial charge in [0.05, 0.1) is 12.4 Å². The van der Waals surface area contributed by atoms with Crippen LogP contribution in [-0.4, -0.2) is 9.97 Å². The number of benzene rings is 1. The van der Waals surface area contributed by atoms with Crippen LogP contribution >= 0.6 is 0 Å². The number of nitrogens with zero attached hydrogens (tertiary/aromatic N) is 2. The molecule has 0 saturated carbocycles. The van der Waals surface area contributed by atoms with Crippen molar-refractivity contribution in [3.05, 3.63) is 48.5 Å². The molecule has 2 rings (SSSR count). The van der Waals surface area contributed by atoms with Gasteiger partial charge in [0.15, 0.2) is 11.6 Å². The van der Waals surface area contributed by atoms with Gasteiger partial charge in [-0.3, -0.25) is 0 Å². The molecule has 63 valence electrons. The zero-order valence-corrected chi connectivity index (χ0v) is 6.74. The predicted molar refractivity (Wildman–Crippen MR) is 46.3 cm³/mol. The van der Waals surface area contributed by atoms with Crippen LogP contribution in [-0.2, 0) is 0 Å². The van der Waals surface area contributed by atoms with E-state index in [1.807, 2.05) is 18.2 Å². The van der Waals surface area contributed by atoms with Gasteiger partial charge >= 0.3 is 0 Å². The molecule has 1 heterocycles. The summed E-state index contributed by atoms with van der Waals surface area (Å²) in [6, 6.07) is 10.3. The van der Waals surface area contributed by atoms with Gasteiger partial charge in [-0.2, -0.15) is 0 Å². The van der Waals surface area contributed by atoms with Gasteiger partial charge in [0.25, 0.3) is 0 Å². The molecule has 0 N–H and O–H groups in total. The maximum atomic E-state index is 12.5. The normalized spacial score (nSPS) is 9.92. The molecular formula is C10H6FN2. The van der Waals surface area contributed by atoms with Gasteiger partial charge in [0.2, 0.25) is 0 Å². The van der Waals surface area contributed by atoms with Gasteiger partial charge in [-0.15, -0.1) is 0 Å². The maximum Gasteiger partial charge on any atom is 0.159 e. The van der Waals surface area contributed by atoms with E-state index in [2.05, 4.69) is 16.0 Å². The van der Waals surface area contributed by atoms with Crippen LogP contribution in [0.3, 0.4) is 0 Å². The highest BCUT2D eigenvalue weighted by Gasteiger charge is 1.99. The van der Waals surface area contributed by atoms with Crippen molar-refractivity contribution in [1.29, 1.82) is 0 Å².